The first-order valence-electron chi connectivity index (χ1n) is 7.24. The number of carboxylic acid groups (broad SMARTS) is 1. The minimum Gasteiger partial charge on any atom is -0.507 e. The lowest BCUT2D eigenvalue weighted by molar-refractivity contribution is -0.102. The Morgan fingerprint density at radius 1 is 1.27 bits per heavy atom. The van der Waals surface area contributed by atoms with E-state index in [0.29, 0.717) is 23.3 Å². The molecule has 8 heteroatoms. The van der Waals surface area contributed by atoms with E-state index in [1.54, 1.807) is 25.2 Å². The maximum absolute atomic E-state index is 10.7. The van der Waals surface area contributed by atoms with Crippen molar-refractivity contribution in [1.29, 1.82) is 10.7 Å². The number of ether oxygens (including phenoxy) is 1. The molecule has 0 atom stereocenters. The van der Waals surface area contributed by atoms with Crippen LogP contribution in [0.1, 0.15) is 21.5 Å². The lowest BCUT2D eigenvalue weighted by Crippen LogP contribution is -2.02. The van der Waals surface area contributed by atoms with Crippen LogP contribution in [0.15, 0.2) is 36.4 Å². The number of aromatic carboxylic acids is 1. The molecule has 26 heavy (non-hydrogen) atoms. The van der Waals surface area contributed by atoms with Gasteiger partial charge >= 0.3 is 5.97 Å². The second kappa shape index (κ2) is 9.44. The van der Waals surface area contributed by atoms with Gasteiger partial charge in [0.15, 0.2) is 6.29 Å². The summed E-state index contributed by atoms with van der Waals surface area (Å²) in [7, 11) is 3.10. The molecular weight excluding hydrogens is 338 g/mol. The van der Waals surface area contributed by atoms with E-state index in [9.17, 15) is 14.7 Å². The molecule has 134 valence electrons. The van der Waals surface area contributed by atoms with Gasteiger partial charge in [-0.1, -0.05) is 0 Å². The highest BCUT2D eigenvalue weighted by molar-refractivity contribution is 6.35. The number of carbonyl (C=O) groups excluding carboxylic acids is 1. The Labute approximate surface area is 149 Å². The van der Waals surface area contributed by atoms with E-state index in [1.165, 1.54) is 25.3 Å². The van der Waals surface area contributed by atoms with Gasteiger partial charge in [0, 0.05) is 24.4 Å². The van der Waals surface area contributed by atoms with E-state index in [1.807, 2.05) is 6.07 Å². The molecule has 2 aromatic carbocycles. The number of nitrogens with zero attached hydrogens (tertiary/aromatic N) is 1. The maximum Gasteiger partial charge on any atom is 0.337 e. The SMILES string of the molecule is CNc1ccc(C#N)cc1C(=O)O.COc1ccc(C(=N)C=O)c(O)c1. The van der Waals surface area contributed by atoms with E-state index in [-0.39, 0.29) is 22.6 Å². The molecule has 0 bridgehead atoms. The van der Waals surface area contributed by atoms with Crippen molar-refractivity contribution in [3.8, 4) is 17.6 Å². The first kappa shape index (κ1) is 20.2. The van der Waals surface area contributed by atoms with Crippen LogP contribution in [0.2, 0.25) is 0 Å². The summed E-state index contributed by atoms with van der Waals surface area (Å²) in [6, 6.07) is 10.8. The first-order chi connectivity index (χ1) is 12.4. The van der Waals surface area contributed by atoms with Gasteiger partial charge in [0.1, 0.15) is 17.2 Å². The van der Waals surface area contributed by atoms with Gasteiger partial charge in [-0.25, -0.2) is 4.79 Å². The topological polar surface area (TPSA) is 144 Å². The number of rotatable bonds is 5. The highest BCUT2D eigenvalue weighted by atomic mass is 16.5. The molecule has 0 aromatic heterocycles. The summed E-state index contributed by atoms with van der Waals surface area (Å²) in [5.74, 6) is -0.683. The van der Waals surface area contributed by atoms with Gasteiger partial charge in [0.05, 0.1) is 24.3 Å². The zero-order valence-corrected chi connectivity index (χ0v) is 14.1. The molecule has 0 spiro atoms. The average Bonchev–Trinajstić information content (AvgIpc) is 2.67. The highest BCUT2D eigenvalue weighted by Gasteiger charge is 2.09. The van der Waals surface area contributed by atoms with E-state index in [4.69, 9.17) is 20.5 Å². The lowest BCUT2D eigenvalue weighted by atomic mass is 10.1. The fourth-order valence-electron chi connectivity index (χ4n) is 1.94. The van der Waals surface area contributed by atoms with Crippen molar-refractivity contribution in [2.45, 2.75) is 0 Å². The third-order valence-electron chi connectivity index (χ3n) is 3.26. The Hall–Kier alpha value is -3.86. The predicted molar refractivity (Wildman–Crippen MR) is 95.2 cm³/mol. The maximum atomic E-state index is 10.7. The number of nitriles is 1. The van der Waals surface area contributed by atoms with E-state index >= 15 is 0 Å². The summed E-state index contributed by atoms with van der Waals surface area (Å²) in [6.07, 6.45) is 0.377. The first-order valence-corrected chi connectivity index (χ1v) is 7.24. The lowest BCUT2D eigenvalue weighted by Gasteiger charge is -2.04. The molecule has 2 rings (SSSR count). The number of anilines is 1. The normalized spacial score (nSPS) is 9.12. The second-order valence-electron chi connectivity index (χ2n) is 4.84. The third-order valence-corrected chi connectivity index (χ3v) is 3.26. The predicted octanol–water partition coefficient (Wildman–Crippen LogP) is 2.27. The molecule has 0 fully saturated rings. The molecule has 0 aliphatic carbocycles. The zero-order valence-electron chi connectivity index (χ0n) is 14.1. The number of benzene rings is 2. The summed E-state index contributed by atoms with van der Waals surface area (Å²) in [5, 5.41) is 36.6. The van der Waals surface area contributed by atoms with Crippen molar-refractivity contribution in [2.75, 3.05) is 19.5 Å². The van der Waals surface area contributed by atoms with Crippen LogP contribution in [-0.2, 0) is 4.79 Å². The fraction of sp³-hybridized carbons (Fsp3) is 0.111. The van der Waals surface area contributed by atoms with Crippen LogP contribution in [0.5, 0.6) is 11.5 Å². The van der Waals surface area contributed by atoms with Crippen molar-refractivity contribution >= 4 is 23.7 Å². The number of nitrogens with one attached hydrogen (secondary N) is 2. The van der Waals surface area contributed by atoms with Crippen LogP contribution >= 0.6 is 0 Å². The monoisotopic (exact) mass is 355 g/mol. The van der Waals surface area contributed by atoms with Gasteiger partial charge in [-0.2, -0.15) is 5.26 Å². The Morgan fingerprint density at radius 2 is 1.96 bits per heavy atom. The second-order valence-corrected chi connectivity index (χ2v) is 4.84. The van der Waals surface area contributed by atoms with Crippen LogP contribution in [-0.4, -0.2) is 42.3 Å². The number of carbonyl (C=O) groups is 2. The summed E-state index contributed by atoms with van der Waals surface area (Å²) >= 11 is 0. The standard InChI is InChI=1S/C9H8N2O2.C9H9NO3/c1-11-8-3-2-6(5-10)4-7(8)9(12)13;1-13-6-2-3-7(8(10)5-11)9(12)4-6/h2-4,11H,1H3,(H,12,13);2-5,10,12H,1H3. The number of methoxy groups -OCH3 is 1. The highest BCUT2D eigenvalue weighted by Crippen LogP contribution is 2.23. The molecule has 2 aromatic rings. The molecule has 4 N–H and O–H groups in total. The molecule has 0 aliphatic rings. The van der Waals surface area contributed by atoms with E-state index < -0.39 is 5.97 Å². The number of aldehydes is 1. The van der Waals surface area contributed by atoms with Gasteiger partial charge in [-0.3, -0.25) is 10.2 Å². The van der Waals surface area contributed by atoms with Crippen molar-refractivity contribution in [3.63, 3.8) is 0 Å². The van der Waals surface area contributed by atoms with Crippen LogP contribution in [0.25, 0.3) is 0 Å². The van der Waals surface area contributed by atoms with Gasteiger partial charge in [-0.15, -0.1) is 0 Å². The Morgan fingerprint density at radius 3 is 2.42 bits per heavy atom. The Bertz CT molecular complexity index is 872. The molecule has 0 unspecified atom stereocenters. The molecular formula is C18H17N3O5. The summed E-state index contributed by atoms with van der Waals surface area (Å²) in [4.78, 5) is 20.9. The van der Waals surface area contributed by atoms with Gasteiger partial charge < -0.3 is 20.3 Å². The number of phenols is 1. The molecule has 0 heterocycles. The Kier molecular flexibility index (Phi) is 7.33. The van der Waals surface area contributed by atoms with Crippen molar-refractivity contribution in [2.24, 2.45) is 0 Å². The zero-order chi connectivity index (χ0) is 19.7. The molecule has 0 saturated heterocycles. The van der Waals surface area contributed by atoms with Crippen molar-refractivity contribution in [3.05, 3.63) is 53.1 Å². The van der Waals surface area contributed by atoms with E-state index in [0.717, 1.165) is 0 Å². The van der Waals surface area contributed by atoms with Gasteiger partial charge in [0.2, 0.25) is 0 Å². The van der Waals surface area contributed by atoms with Crippen LogP contribution < -0.4 is 10.1 Å². The van der Waals surface area contributed by atoms with Crippen molar-refractivity contribution in [1.82, 2.24) is 0 Å². The van der Waals surface area contributed by atoms with Gasteiger partial charge in [-0.05, 0) is 30.3 Å². The number of hydrogen-bond donors (Lipinski definition) is 4. The quantitative estimate of drug-likeness (QED) is 0.476. The third kappa shape index (κ3) is 5.07. The molecule has 0 aliphatic heterocycles. The largest absolute Gasteiger partial charge is 0.507 e. The van der Waals surface area contributed by atoms with E-state index in [2.05, 4.69) is 5.32 Å². The van der Waals surface area contributed by atoms with Gasteiger partial charge in [0.25, 0.3) is 0 Å². The average molecular weight is 355 g/mol. The van der Waals surface area contributed by atoms with Crippen LogP contribution in [0, 0.1) is 16.7 Å². The number of hydrogen-bond acceptors (Lipinski definition) is 7. The summed E-state index contributed by atoms with van der Waals surface area (Å²) in [6.45, 7) is 0. The number of carboxylic acids is 1. The summed E-state index contributed by atoms with van der Waals surface area (Å²) < 4.78 is 4.84. The molecule has 0 saturated carbocycles. The van der Waals surface area contributed by atoms with Crippen molar-refractivity contribution < 1.29 is 24.5 Å². The number of phenolic OH excluding ortho intramolecular Hbond substituents is 1. The van der Waals surface area contributed by atoms with Crippen LogP contribution in [0.3, 0.4) is 0 Å². The minimum atomic E-state index is -1.04. The molecule has 8 nitrogen and oxygen atoms in total. The minimum absolute atomic E-state index is 0.113. The Balaban J connectivity index is 0.000000260. The smallest absolute Gasteiger partial charge is 0.337 e. The van der Waals surface area contributed by atoms with Crippen LogP contribution in [0.4, 0.5) is 5.69 Å². The summed E-state index contributed by atoms with van der Waals surface area (Å²) in [5.41, 5.74) is 0.917. The fourth-order valence-corrected chi connectivity index (χ4v) is 1.94. The molecule has 0 amide bonds. The number of aromatic hydroxyl groups is 1. The molecule has 0 radical (unpaired) electrons.